The van der Waals surface area contributed by atoms with Crippen molar-refractivity contribution in [3.63, 3.8) is 0 Å². The molecule has 21 heavy (non-hydrogen) atoms. The van der Waals surface area contributed by atoms with Gasteiger partial charge in [0.25, 0.3) is 0 Å². The quantitative estimate of drug-likeness (QED) is 0.614. The predicted molar refractivity (Wildman–Crippen MR) is 97.7 cm³/mol. The topological polar surface area (TPSA) is 20.2 Å². The van der Waals surface area contributed by atoms with Gasteiger partial charge in [-0.3, -0.25) is 0 Å². The molecule has 1 unspecified atom stereocenters. The fourth-order valence-electron chi connectivity index (χ4n) is 2.57. The van der Waals surface area contributed by atoms with E-state index >= 15 is 0 Å². The lowest BCUT2D eigenvalue weighted by atomic mass is 9.78. The molecule has 2 aliphatic rings. The van der Waals surface area contributed by atoms with Crippen LogP contribution in [0.25, 0.3) is 0 Å². The van der Waals surface area contributed by atoms with Crippen LogP contribution in [0.3, 0.4) is 0 Å². The molecule has 1 nitrogen and oxygen atoms in total. The van der Waals surface area contributed by atoms with Gasteiger partial charge in [0.2, 0.25) is 0 Å². The molecule has 1 atom stereocenters. The average Bonchev–Trinajstić information content (AvgIpc) is 2.58. The summed E-state index contributed by atoms with van der Waals surface area (Å²) < 4.78 is 0. The van der Waals surface area contributed by atoms with Gasteiger partial charge >= 0.3 is 0 Å². The summed E-state index contributed by atoms with van der Waals surface area (Å²) in [5, 5.41) is 8.14. The number of hydrogen-bond acceptors (Lipinski definition) is 1. The van der Waals surface area contributed by atoms with Crippen LogP contribution >= 0.6 is 0 Å². The Morgan fingerprint density at radius 3 is 2.19 bits per heavy atom. The molecule has 2 rings (SSSR count). The van der Waals surface area contributed by atoms with Crippen molar-refractivity contribution in [1.29, 1.82) is 0 Å². The predicted octanol–water partition coefficient (Wildman–Crippen LogP) is 6.53. The molecule has 0 saturated carbocycles. The molecule has 126 valence electrons. The average molecular weight is 297 g/mol. The van der Waals surface area contributed by atoms with Crippen molar-refractivity contribution in [2.24, 2.45) is 11.8 Å². The van der Waals surface area contributed by atoms with E-state index in [1.807, 2.05) is 41.5 Å². The van der Waals surface area contributed by atoms with E-state index in [0.717, 1.165) is 5.92 Å². The van der Waals surface area contributed by atoms with Gasteiger partial charge in [-0.2, -0.15) is 0 Å². The lowest BCUT2D eigenvalue weighted by Gasteiger charge is -2.28. The highest BCUT2D eigenvalue weighted by Gasteiger charge is 2.20. The first kappa shape index (κ1) is 22.7. The Hall–Kier alpha value is -0.560. The van der Waals surface area contributed by atoms with Gasteiger partial charge in [-0.15, -0.1) is 0 Å². The van der Waals surface area contributed by atoms with Gasteiger partial charge in [-0.05, 0) is 55.9 Å². The van der Waals surface area contributed by atoms with Crippen LogP contribution < -0.4 is 0 Å². The smallest absolute Gasteiger partial charge is 0.0453 e. The first-order valence-electron chi connectivity index (χ1n) is 9.18. The summed E-state index contributed by atoms with van der Waals surface area (Å²) in [6.07, 6.45) is 13.0. The fourth-order valence-corrected chi connectivity index (χ4v) is 2.57. The van der Waals surface area contributed by atoms with Crippen LogP contribution in [0.5, 0.6) is 0 Å². The minimum atomic E-state index is 0.306. The third-order valence-electron chi connectivity index (χ3n) is 3.65. The van der Waals surface area contributed by atoms with E-state index in [0.29, 0.717) is 12.5 Å². The molecule has 0 aromatic rings. The standard InChI is InChI=1S/C12H18.C4H10O.2C2H6/c1-2-10-7-5-8-11-6-3-4-9-12(10)11;1-4(2)3-5;2*1-2/h4,9-10H,2-3,5-8H2,1H3;4-5H,3H2,1-2H3;2*1-2H3. The molecule has 0 aromatic heterocycles. The summed E-state index contributed by atoms with van der Waals surface area (Å²) in [6, 6.07) is 0. The van der Waals surface area contributed by atoms with Gasteiger partial charge < -0.3 is 5.11 Å². The summed E-state index contributed by atoms with van der Waals surface area (Å²) in [5.74, 6) is 1.33. The molecule has 0 saturated heterocycles. The Morgan fingerprint density at radius 1 is 1.14 bits per heavy atom. The Kier molecular flexibility index (Phi) is 17.1. The van der Waals surface area contributed by atoms with E-state index in [1.54, 1.807) is 11.1 Å². The summed E-state index contributed by atoms with van der Waals surface area (Å²) >= 11 is 0. The van der Waals surface area contributed by atoms with Crippen molar-refractivity contribution in [2.45, 2.75) is 87.0 Å². The van der Waals surface area contributed by atoms with Crippen LogP contribution in [0.2, 0.25) is 0 Å². The van der Waals surface area contributed by atoms with Crippen molar-refractivity contribution in [3.8, 4) is 0 Å². The zero-order valence-corrected chi connectivity index (χ0v) is 15.7. The van der Waals surface area contributed by atoms with E-state index in [4.69, 9.17) is 5.11 Å². The Morgan fingerprint density at radius 2 is 1.71 bits per heavy atom. The molecular formula is C20H40O. The van der Waals surface area contributed by atoms with Crippen molar-refractivity contribution in [1.82, 2.24) is 0 Å². The van der Waals surface area contributed by atoms with Crippen LogP contribution in [0.4, 0.5) is 0 Å². The highest BCUT2D eigenvalue weighted by molar-refractivity contribution is 5.33. The van der Waals surface area contributed by atoms with Gasteiger partial charge in [-0.1, -0.05) is 66.2 Å². The van der Waals surface area contributed by atoms with Crippen LogP contribution in [0.15, 0.2) is 23.3 Å². The normalized spacial score (nSPS) is 19.4. The molecule has 0 radical (unpaired) electrons. The number of allylic oxidation sites excluding steroid dienone is 4. The highest BCUT2D eigenvalue weighted by atomic mass is 16.3. The third kappa shape index (κ3) is 9.90. The minimum Gasteiger partial charge on any atom is -0.396 e. The van der Waals surface area contributed by atoms with Crippen LogP contribution in [-0.2, 0) is 0 Å². The van der Waals surface area contributed by atoms with Gasteiger partial charge in [0.15, 0.2) is 0 Å². The largest absolute Gasteiger partial charge is 0.396 e. The molecule has 0 aliphatic heterocycles. The molecule has 0 amide bonds. The molecule has 0 fully saturated rings. The van der Waals surface area contributed by atoms with Crippen LogP contribution in [0.1, 0.15) is 87.0 Å². The van der Waals surface area contributed by atoms with E-state index in [2.05, 4.69) is 19.1 Å². The summed E-state index contributed by atoms with van der Waals surface area (Å²) in [6.45, 7) is 14.6. The molecule has 0 aromatic carbocycles. The number of aliphatic hydroxyl groups is 1. The third-order valence-corrected chi connectivity index (χ3v) is 3.65. The number of hydrogen-bond donors (Lipinski definition) is 1. The second-order valence-electron chi connectivity index (χ2n) is 5.57. The van der Waals surface area contributed by atoms with Crippen molar-refractivity contribution >= 4 is 0 Å². The highest BCUT2D eigenvalue weighted by Crippen LogP contribution is 2.37. The zero-order valence-electron chi connectivity index (χ0n) is 15.7. The Balaban J connectivity index is 0. The van der Waals surface area contributed by atoms with Gasteiger partial charge in [-0.25, -0.2) is 0 Å². The summed E-state index contributed by atoms with van der Waals surface area (Å²) in [4.78, 5) is 0. The van der Waals surface area contributed by atoms with Gasteiger partial charge in [0, 0.05) is 6.61 Å². The van der Waals surface area contributed by atoms with Crippen LogP contribution in [0, 0.1) is 11.8 Å². The maximum Gasteiger partial charge on any atom is 0.0453 e. The molecular weight excluding hydrogens is 256 g/mol. The monoisotopic (exact) mass is 296 g/mol. The molecule has 1 N–H and O–H groups in total. The second-order valence-corrected chi connectivity index (χ2v) is 5.57. The van der Waals surface area contributed by atoms with Crippen molar-refractivity contribution in [3.05, 3.63) is 23.3 Å². The van der Waals surface area contributed by atoms with E-state index in [1.165, 1.54) is 38.5 Å². The van der Waals surface area contributed by atoms with Gasteiger partial charge in [0.05, 0.1) is 0 Å². The maximum atomic E-state index is 8.14. The summed E-state index contributed by atoms with van der Waals surface area (Å²) in [5.41, 5.74) is 3.48. The molecule has 0 heterocycles. The molecule has 1 heteroatoms. The first-order valence-corrected chi connectivity index (χ1v) is 9.18. The fraction of sp³-hybridized carbons (Fsp3) is 0.800. The lowest BCUT2D eigenvalue weighted by Crippen LogP contribution is -2.12. The van der Waals surface area contributed by atoms with Crippen molar-refractivity contribution < 1.29 is 5.11 Å². The van der Waals surface area contributed by atoms with Crippen LogP contribution in [-0.4, -0.2) is 11.7 Å². The molecule has 0 spiro atoms. The number of rotatable bonds is 2. The zero-order chi connectivity index (χ0) is 16.7. The van der Waals surface area contributed by atoms with E-state index in [9.17, 15) is 0 Å². The van der Waals surface area contributed by atoms with E-state index in [-0.39, 0.29) is 0 Å². The molecule has 0 bridgehead atoms. The lowest BCUT2D eigenvalue weighted by molar-refractivity contribution is 0.248. The summed E-state index contributed by atoms with van der Waals surface area (Å²) in [7, 11) is 0. The second kappa shape index (κ2) is 15.8. The maximum absolute atomic E-state index is 8.14. The Labute approximate surface area is 134 Å². The number of aliphatic hydroxyl groups excluding tert-OH is 1. The first-order chi connectivity index (χ1) is 10.2. The molecule has 2 aliphatic carbocycles. The van der Waals surface area contributed by atoms with Gasteiger partial charge in [0.1, 0.15) is 0 Å². The minimum absolute atomic E-state index is 0.306. The van der Waals surface area contributed by atoms with E-state index < -0.39 is 0 Å². The Bertz CT molecular complexity index is 274. The SMILES string of the molecule is CC.CC.CC(C)CO.CCC1CCCC2=C1C=CCC2. The van der Waals surface area contributed by atoms with Crippen molar-refractivity contribution in [2.75, 3.05) is 6.61 Å².